The summed E-state index contributed by atoms with van der Waals surface area (Å²) in [6, 6.07) is 19.0. The fourth-order valence-corrected chi connectivity index (χ4v) is 4.41. The van der Waals surface area contributed by atoms with Crippen molar-refractivity contribution in [1.29, 1.82) is 0 Å². The van der Waals surface area contributed by atoms with E-state index < -0.39 is 0 Å². The van der Waals surface area contributed by atoms with Crippen LogP contribution in [-0.2, 0) is 13.0 Å². The number of aromatic nitrogens is 1. The quantitative estimate of drug-likeness (QED) is 0.422. The molecular weight excluding hydrogens is 402 g/mol. The Hall–Kier alpha value is -3.59. The Morgan fingerprint density at radius 3 is 2.42 bits per heavy atom. The van der Waals surface area contributed by atoms with Gasteiger partial charge >= 0.3 is 0 Å². The largest absolute Gasteiger partial charge is 0.371 e. The summed E-state index contributed by atoms with van der Waals surface area (Å²) >= 11 is 0. The summed E-state index contributed by atoms with van der Waals surface area (Å²) in [5.74, 6) is 0. The van der Waals surface area contributed by atoms with Gasteiger partial charge in [0, 0.05) is 54.1 Å². The Kier molecular flexibility index (Phi) is 6.79. The number of rotatable bonds is 8. The molecule has 4 rings (SSSR count). The van der Waals surface area contributed by atoms with Crippen LogP contribution in [0.1, 0.15) is 40.8 Å². The highest BCUT2D eigenvalue weighted by Gasteiger charge is 2.15. The van der Waals surface area contributed by atoms with Crippen molar-refractivity contribution in [2.45, 2.75) is 39.7 Å². The second-order valence-electron chi connectivity index (χ2n) is 8.90. The molecule has 3 heteroatoms. The maximum absolute atomic E-state index is 4.60. The van der Waals surface area contributed by atoms with Crippen LogP contribution >= 0.6 is 0 Å². The molecule has 2 aromatic carbocycles. The minimum atomic E-state index is 0.716. The van der Waals surface area contributed by atoms with Gasteiger partial charge in [0.15, 0.2) is 0 Å². The van der Waals surface area contributed by atoms with Gasteiger partial charge in [0.2, 0.25) is 0 Å². The van der Waals surface area contributed by atoms with Crippen LogP contribution in [0.25, 0.3) is 16.8 Å². The minimum Gasteiger partial charge on any atom is -0.371 e. The van der Waals surface area contributed by atoms with E-state index in [0.29, 0.717) is 6.42 Å². The second-order valence-corrected chi connectivity index (χ2v) is 8.90. The topological polar surface area (TPSA) is 28.2 Å². The normalized spacial score (nSPS) is 13.3. The Bertz CT molecular complexity index is 1170. The average Bonchev–Trinajstić information content (AvgIpc) is 3.22. The molecule has 0 radical (unpaired) electrons. The fraction of sp³-hybridized carbons (Fsp3) is 0.233. The van der Waals surface area contributed by atoms with Gasteiger partial charge in [-0.25, -0.2) is 0 Å². The molecule has 168 valence electrons. The van der Waals surface area contributed by atoms with Gasteiger partial charge in [-0.2, -0.15) is 0 Å². The van der Waals surface area contributed by atoms with Gasteiger partial charge in [0.25, 0.3) is 0 Å². The van der Waals surface area contributed by atoms with Gasteiger partial charge in [0.05, 0.1) is 0 Å². The van der Waals surface area contributed by atoms with Crippen molar-refractivity contribution in [1.82, 2.24) is 15.2 Å². The number of nitrogens with zero attached hydrogens (tertiary/aromatic N) is 2. The lowest BCUT2D eigenvalue weighted by molar-refractivity contribution is 0.387. The Morgan fingerprint density at radius 1 is 1.03 bits per heavy atom. The predicted molar refractivity (Wildman–Crippen MR) is 139 cm³/mol. The van der Waals surface area contributed by atoms with E-state index in [2.05, 4.69) is 97.3 Å². The number of aryl methyl sites for hydroxylation is 1. The zero-order chi connectivity index (χ0) is 23.4. The van der Waals surface area contributed by atoms with E-state index in [9.17, 15) is 0 Å². The first kappa shape index (κ1) is 22.6. The zero-order valence-electron chi connectivity index (χ0n) is 19.8. The van der Waals surface area contributed by atoms with Crippen LogP contribution in [0.2, 0.25) is 0 Å². The number of likely N-dealkylation sites (tertiary alicyclic amines) is 1. The Morgan fingerprint density at radius 2 is 1.76 bits per heavy atom. The summed E-state index contributed by atoms with van der Waals surface area (Å²) < 4.78 is 0. The highest BCUT2D eigenvalue weighted by molar-refractivity contribution is 5.69. The van der Waals surface area contributed by atoms with Crippen molar-refractivity contribution < 1.29 is 0 Å². The number of allylic oxidation sites excluding steroid dienone is 2. The number of hydrogen-bond acceptors (Lipinski definition) is 3. The lowest BCUT2D eigenvalue weighted by atomic mass is 9.94. The van der Waals surface area contributed by atoms with Gasteiger partial charge in [0.1, 0.15) is 0 Å². The fourth-order valence-electron chi connectivity index (χ4n) is 4.41. The maximum atomic E-state index is 4.60. The van der Waals surface area contributed by atoms with Crippen LogP contribution in [0.5, 0.6) is 0 Å². The molecule has 0 saturated carbocycles. The molecule has 0 aliphatic carbocycles. The van der Waals surface area contributed by atoms with E-state index in [0.717, 1.165) is 47.7 Å². The van der Waals surface area contributed by atoms with Crippen molar-refractivity contribution in [2.24, 2.45) is 0 Å². The van der Waals surface area contributed by atoms with Gasteiger partial charge in [-0.1, -0.05) is 74.3 Å². The molecule has 1 aliphatic rings. The molecule has 0 spiro atoms. The number of hydrogen-bond donors (Lipinski definition) is 1. The monoisotopic (exact) mass is 435 g/mol. The average molecular weight is 436 g/mol. The molecule has 0 unspecified atom stereocenters. The van der Waals surface area contributed by atoms with Crippen molar-refractivity contribution in [3.63, 3.8) is 0 Å². The van der Waals surface area contributed by atoms with E-state index >= 15 is 0 Å². The van der Waals surface area contributed by atoms with E-state index in [-0.39, 0.29) is 0 Å². The van der Waals surface area contributed by atoms with Gasteiger partial charge in [-0.05, 0) is 54.5 Å². The first-order valence-corrected chi connectivity index (χ1v) is 11.6. The van der Waals surface area contributed by atoms with Gasteiger partial charge in [-0.3, -0.25) is 4.98 Å². The summed E-state index contributed by atoms with van der Waals surface area (Å²) in [7, 11) is 0. The van der Waals surface area contributed by atoms with E-state index in [4.69, 9.17) is 0 Å². The summed E-state index contributed by atoms with van der Waals surface area (Å²) in [6.45, 7) is 19.0. The first-order valence-electron chi connectivity index (χ1n) is 11.6. The molecule has 0 bridgehead atoms. The Balaban J connectivity index is 1.44. The van der Waals surface area contributed by atoms with Crippen molar-refractivity contribution in [2.75, 3.05) is 6.54 Å². The SMILES string of the molecule is C=C(Cc1c(-c2ccccc2)cnc(C)c1C)NC(=C)c1ccc(CN2CCCC2=C)cc1. The van der Waals surface area contributed by atoms with Crippen LogP contribution in [0.3, 0.4) is 0 Å². The van der Waals surface area contributed by atoms with Gasteiger partial charge in [-0.15, -0.1) is 0 Å². The van der Waals surface area contributed by atoms with Crippen LogP contribution in [-0.4, -0.2) is 16.4 Å². The first-order chi connectivity index (χ1) is 15.9. The molecule has 1 aromatic heterocycles. The highest BCUT2D eigenvalue weighted by Crippen LogP contribution is 2.29. The molecule has 1 fully saturated rings. The molecule has 0 amide bonds. The zero-order valence-corrected chi connectivity index (χ0v) is 19.8. The minimum absolute atomic E-state index is 0.716. The molecule has 1 aliphatic heterocycles. The molecule has 3 nitrogen and oxygen atoms in total. The maximum Gasteiger partial charge on any atom is 0.0426 e. The summed E-state index contributed by atoms with van der Waals surface area (Å²) in [6.07, 6.45) is 5.02. The van der Waals surface area contributed by atoms with Crippen LogP contribution in [0.4, 0.5) is 0 Å². The van der Waals surface area contributed by atoms with E-state index in [1.165, 1.54) is 34.4 Å². The lowest BCUT2D eigenvalue weighted by Crippen LogP contribution is -2.16. The standard InChI is InChI=1S/C30H33N3/c1-21(18-29-23(3)24(4)31-19-30(29)28-11-7-6-8-12-28)32-25(5)27-15-13-26(14-16-27)20-33-17-9-10-22(33)2/h6-8,11-16,19,32H,1-2,5,9-10,17-18,20H2,3-4H3. The highest BCUT2D eigenvalue weighted by atomic mass is 15.1. The summed E-state index contributed by atoms with van der Waals surface area (Å²) in [5.41, 5.74) is 11.2. The van der Waals surface area contributed by atoms with Crippen LogP contribution in [0, 0.1) is 13.8 Å². The number of pyridine rings is 1. The van der Waals surface area contributed by atoms with E-state index in [1.54, 1.807) is 0 Å². The number of nitrogens with one attached hydrogen (secondary N) is 1. The summed E-state index contributed by atoms with van der Waals surface area (Å²) in [5, 5.41) is 3.44. The Labute approximate surface area is 198 Å². The van der Waals surface area contributed by atoms with E-state index in [1.807, 2.05) is 12.3 Å². The van der Waals surface area contributed by atoms with Crippen molar-refractivity contribution >= 4 is 5.70 Å². The van der Waals surface area contributed by atoms with Crippen molar-refractivity contribution in [3.8, 4) is 11.1 Å². The van der Waals surface area contributed by atoms with Crippen LogP contribution in [0.15, 0.2) is 91.9 Å². The molecule has 2 heterocycles. The summed E-state index contributed by atoms with van der Waals surface area (Å²) in [4.78, 5) is 6.97. The lowest BCUT2D eigenvalue weighted by Gasteiger charge is -2.20. The third kappa shape index (κ3) is 5.25. The predicted octanol–water partition coefficient (Wildman–Crippen LogP) is 6.79. The third-order valence-electron chi connectivity index (χ3n) is 6.53. The molecule has 1 N–H and O–H groups in total. The molecule has 3 aromatic rings. The smallest absolute Gasteiger partial charge is 0.0426 e. The molecule has 33 heavy (non-hydrogen) atoms. The van der Waals surface area contributed by atoms with Gasteiger partial charge < -0.3 is 10.2 Å². The molecular formula is C30H33N3. The number of benzene rings is 2. The van der Waals surface area contributed by atoms with Crippen LogP contribution < -0.4 is 5.32 Å². The van der Waals surface area contributed by atoms with Crippen molar-refractivity contribution in [3.05, 3.63) is 120 Å². The second kappa shape index (κ2) is 9.91. The molecule has 1 saturated heterocycles. The molecule has 0 atom stereocenters. The third-order valence-corrected chi connectivity index (χ3v) is 6.53.